The highest BCUT2D eigenvalue weighted by Gasteiger charge is 2.29. The first-order chi connectivity index (χ1) is 12.0. The van der Waals surface area contributed by atoms with Crippen molar-refractivity contribution >= 4 is 11.8 Å². The van der Waals surface area contributed by atoms with E-state index in [-0.39, 0.29) is 36.2 Å². The Bertz CT molecular complexity index is 561. The van der Waals surface area contributed by atoms with Crippen LogP contribution >= 0.6 is 0 Å². The van der Waals surface area contributed by atoms with Crippen molar-refractivity contribution in [1.82, 2.24) is 10.2 Å². The highest BCUT2D eigenvalue weighted by atomic mass is 16.2. The van der Waals surface area contributed by atoms with Gasteiger partial charge in [-0.3, -0.25) is 9.59 Å². The lowest BCUT2D eigenvalue weighted by Crippen LogP contribution is -2.47. The van der Waals surface area contributed by atoms with Crippen LogP contribution in [-0.2, 0) is 9.59 Å². The number of benzene rings is 1. The van der Waals surface area contributed by atoms with Gasteiger partial charge in [-0.25, -0.2) is 0 Å². The van der Waals surface area contributed by atoms with Crippen LogP contribution < -0.4 is 11.1 Å². The molecule has 5 heteroatoms. The smallest absolute Gasteiger partial charge is 0.225 e. The number of carbonyl (C=O) groups excluding carboxylic acids is 2. The fraction of sp³-hybridized carbons (Fsp3) is 0.600. The number of hydrogen-bond acceptors (Lipinski definition) is 3. The van der Waals surface area contributed by atoms with Crippen molar-refractivity contribution in [3.05, 3.63) is 35.9 Å². The fourth-order valence-electron chi connectivity index (χ4n) is 3.42. The Labute approximate surface area is 151 Å². The summed E-state index contributed by atoms with van der Waals surface area (Å²) in [5, 5.41) is 3.08. The molecule has 0 aliphatic carbocycles. The Hall–Kier alpha value is -1.88. The summed E-state index contributed by atoms with van der Waals surface area (Å²) in [5.74, 6) is 0.00576. The van der Waals surface area contributed by atoms with E-state index in [4.69, 9.17) is 5.73 Å². The van der Waals surface area contributed by atoms with E-state index in [1.807, 2.05) is 37.3 Å². The Kier molecular flexibility index (Phi) is 7.44. The molecule has 0 saturated carbocycles. The molecule has 3 unspecified atom stereocenters. The minimum absolute atomic E-state index is 0.0375. The van der Waals surface area contributed by atoms with Gasteiger partial charge in [-0.2, -0.15) is 0 Å². The van der Waals surface area contributed by atoms with Gasteiger partial charge < -0.3 is 16.0 Å². The average molecular weight is 345 g/mol. The van der Waals surface area contributed by atoms with Crippen LogP contribution in [0.15, 0.2) is 30.3 Å². The van der Waals surface area contributed by atoms with Crippen LogP contribution in [0.3, 0.4) is 0 Å². The molecule has 1 fully saturated rings. The lowest BCUT2D eigenvalue weighted by molar-refractivity contribution is -0.136. The molecule has 1 aliphatic heterocycles. The lowest BCUT2D eigenvalue weighted by Gasteiger charge is -2.33. The second-order valence-corrected chi connectivity index (χ2v) is 7.10. The first kappa shape index (κ1) is 19.4. The zero-order valence-electron chi connectivity index (χ0n) is 15.4. The molecule has 1 aromatic rings. The molecular formula is C20H31N3O2. The minimum atomic E-state index is -0.299. The Morgan fingerprint density at radius 3 is 2.72 bits per heavy atom. The molecule has 1 aromatic carbocycles. The van der Waals surface area contributed by atoms with Crippen molar-refractivity contribution in [2.45, 2.75) is 58.0 Å². The van der Waals surface area contributed by atoms with Crippen LogP contribution in [0, 0.1) is 5.92 Å². The largest absolute Gasteiger partial charge is 0.353 e. The summed E-state index contributed by atoms with van der Waals surface area (Å²) in [4.78, 5) is 26.8. The predicted octanol–water partition coefficient (Wildman–Crippen LogP) is 2.62. The maximum Gasteiger partial charge on any atom is 0.225 e. The van der Waals surface area contributed by atoms with Gasteiger partial charge in [0.1, 0.15) is 0 Å². The SMILES string of the molecule is CCCC(C)NC(=O)C1CCCN(C(=O)CC(N)c2ccccc2)C1. The summed E-state index contributed by atoms with van der Waals surface area (Å²) in [7, 11) is 0. The Morgan fingerprint density at radius 2 is 2.04 bits per heavy atom. The van der Waals surface area contributed by atoms with E-state index in [1.54, 1.807) is 4.90 Å². The maximum atomic E-state index is 12.6. The van der Waals surface area contributed by atoms with Gasteiger partial charge in [0.05, 0.1) is 5.92 Å². The van der Waals surface area contributed by atoms with E-state index in [1.165, 1.54) is 0 Å². The van der Waals surface area contributed by atoms with Crippen LogP contribution in [0.5, 0.6) is 0 Å². The zero-order chi connectivity index (χ0) is 18.2. The molecule has 2 rings (SSSR count). The third-order valence-corrected chi connectivity index (χ3v) is 4.88. The number of amides is 2. The maximum absolute atomic E-state index is 12.6. The molecule has 25 heavy (non-hydrogen) atoms. The quantitative estimate of drug-likeness (QED) is 0.797. The number of likely N-dealkylation sites (tertiary alicyclic amines) is 1. The van der Waals surface area contributed by atoms with Crippen LogP contribution in [0.4, 0.5) is 0 Å². The van der Waals surface area contributed by atoms with E-state index in [0.29, 0.717) is 13.1 Å². The summed E-state index contributed by atoms with van der Waals surface area (Å²) < 4.78 is 0. The number of carbonyl (C=O) groups is 2. The van der Waals surface area contributed by atoms with Gasteiger partial charge in [-0.05, 0) is 31.7 Å². The van der Waals surface area contributed by atoms with Gasteiger partial charge in [0, 0.05) is 31.6 Å². The van der Waals surface area contributed by atoms with Gasteiger partial charge >= 0.3 is 0 Å². The molecule has 0 bridgehead atoms. The standard InChI is InChI=1S/C20H31N3O2/c1-3-8-15(2)22-20(25)17-11-7-12-23(14-17)19(24)13-18(21)16-9-5-4-6-10-16/h4-6,9-10,15,17-18H,3,7-8,11-14,21H2,1-2H3,(H,22,25). The van der Waals surface area contributed by atoms with Crippen LogP contribution in [-0.4, -0.2) is 35.8 Å². The summed E-state index contributed by atoms with van der Waals surface area (Å²) >= 11 is 0. The molecule has 2 amide bonds. The first-order valence-corrected chi connectivity index (χ1v) is 9.40. The summed E-state index contributed by atoms with van der Waals surface area (Å²) in [6, 6.07) is 9.57. The van der Waals surface area contributed by atoms with Gasteiger partial charge in [-0.15, -0.1) is 0 Å². The summed E-state index contributed by atoms with van der Waals surface area (Å²) in [6.45, 7) is 5.37. The van der Waals surface area contributed by atoms with E-state index in [0.717, 1.165) is 31.2 Å². The van der Waals surface area contributed by atoms with Crippen molar-refractivity contribution in [1.29, 1.82) is 0 Å². The molecule has 3 N–H and O–H groups in total. The highest BCUT2D eigenvalue weighted by molar-refractivity contribution is 5.81. The molecule has 5 nitrogen and oxygen atoms in total. The second-order valence-electron chi connectivity index (χ2n) is 7.10. The minimum Gasteiger partial charge on any atom is -0.353 e. The number of piperidine rings is 1. The molecule has 1 saturated heterocycles. The molecular weight excluding hydrogens is 314 g/mol. The summed E-state index contributed by atoms with van der Waals surface area (Å²) in [6.07, 6.45) is 4.03. The van der Waals surface area contributed by atoms with Crippen LogP contribution in [0.2, 0.25) is 0 Å². The van der Waals surface area contributed by atoms with Crippen molar-refractivity contribution in [2.24, 2.45) is 11.7 Å². The van der Waals surface area contributed by atoms with Crippen LogP contribution in [0.1, 0.15) is 57.6 Å². The Morgan fingerprint density at radius 1 is 1.32 bits per heavy atom. The topological polar surface area (TPSA) is 75.4 Å². The third-order valence-electron chi connectivity index (χ3n) is 4.88. The van der Waals surface area contributed by atoms with E-state index in [2.05, 4.69) is 12.2 Å². The molecule has 0 radical (unpaired) electrons. The van der Waals surface area contributed by atoms with Gasteiger partial charge in [0.25, 0.3) is 0 Å². The molecule has 138 valence electrons. The molecule has 0 spiro atoms. The normalized spacial score (nSPS) is 20.0. The first-order valence-electron chi connectivity index (χ1n) is 9.40. The molecule has 0 aromatic heterocycles. The lowest BCUT2D eigenvalue weighted by atomic mass is 9.95. The zero-order valence-corrected chi connectivity index (χ0v) is 15.4. The number of nitrogens with zero attached hydrogens (tertiary/aromatic N) is 1. The van der Waals surface area contributed by atoms with E-state index < -0.39 is 0 Å². The van der Waals surface area contributed by atoms with Crippen LogP contribution in [0.25, 0.3) is 0 Å². The average Bonchev–Trinajstić information content (AvgIpc) is 2.62. The van der Waals surface area contributed by atoms with Crippen molar-refractivity contribution in [3.63, 3.8) is 0 Å². The number of nitrogens with one attached hydrogen (secondary N) is 1. The van der Waals surface area contributed by atoms with Crippen molar-refractivity contribution < 1.29 is 9.59 Å². The van der Waals surface area contributed by atoms with Crippen molar-refractivity contribution in [3.8, 4) is 0 Å². The van der Waals surface area contributed by atoms with E-state index >= 15 is 0 Å². The monoisotopic (exact) mass is 345 g/mol. The molecule has 1 aliphatic rings. The second kappa shape index (κ2) is 9.56. The number of nitrogens with two attached hydrogens (primary N) is 1. The number of rotatable bonds is 7. The number of hydrogen-bond donors (Lipinski definition) is 2. The predicted molar refractivity (Wildman–Crippen MR) is 99.8 cm³/mol. The van der Waals surface area contributed by atoms with Gasteiger partial charge in [-0.1, -0.05) is 43.7 Å². The third kappa shape index (κ3) is 5.85. The van der Waals surface area contributed by atoms with E-state index in [9.17, 15) is 9.59 Å². The highest BCUT2D eigenvalue weighted by Crippen LogP contribution is 2.21. The van der Waals surface area contributed by atoms with Gasteiger partial charge in [0.15, 0.2) is 0 Å². The Balaban J connectivity index is 1.87. The summed E-state index contributed by atoms with van der Waals surface area (Å²) in [5.41, 5.74) is 7.14. The molecule has 1 heterocycles. The van der Waals surface area contributed by atoms with Crippen molar-refractivity contribution in [2.75, 3.05) is 13.1 Å². The molecule has 3 atom stereocenters. The van der Waals surface area contributed by atoms with Gasteiger partial charge in [0.2, 0.25) is 11.8 Å². The fourth-order valence-corrected chi connectivity index (χ4v) is 3.42.